The summed E-state index contributed by atoms with van der Waals surface area (Å²) in [5, 5.41) is 40.7. The van der Waals surface area contributed by atoms with Gasteiger partial charge in [-0.1, -0.05) is 54.1 Å². The number of carboxylic acids is 1. The van der Waals surface area contributed by atoms with E-state index in [9.17, 15) is 34.3 Å². The van der Waals surface area contributed by atoms with Gasteiger partial charge in [0.1, 0.15) is 0 Å². The van der Waals surface area contributed by atoms with Crippen molar-refractivity contribution in [1.29, 1.82) is 10.5 Å². The Morgan fingerprint density at radius 3 is 2.13 bits per heavy atom. The third-order valence-electron chi connectivity index (χ3n) is 7.54. The van der Waals surface area contributed by atoms with Crippen molar-refractivity contribution in [2.75, 3.05) is 0 Å². The Labute approximate surface area is 275 Å². The maximum absolute atomic E-state index is 15.0. The number of hydrogen-bond acceptors (Lipinski definition) is 5. The molecule has 6 aromatic rings. The fraction of sp³-hybridized carbons (Fsp3) is 0.0278. The summed E-state index contributed by atoms with van der Waals surface area (Å²) in [6.45, 7) is 0. The van der Waals surface area contributed by atoms with E-state index in [4.69, 9.17) is 11.6 Å². The van der Waals surface area contributed by atoms with E-state index in [0.717, 1.165) is 18.0 Å². The van der Waals surface area contributed by atoms with Crippen molar-refractivity contribution >= 4 is 40.4 Å². The minimum absolute atomic E-state index is 0.00514. The van der Waals surface area contributed by atoms with Crippen LogP contribution in [-0.4, -0.2) is 20.2 Å². The molecule has 0 radical (unpaired) electrons. The SMILES string of the molecule is N#Cc1cccc(C#N)c1-c1c(-c2cccc(-c3ccc(C(=O)O)cc3Cl)c2)n(Sc2ccc(C(F)F)cc2)c2cc(F)c(O)cc12. The number of alkyl halides is 2. The number of aromatic carboxylic acids is 1. The van der Waals surface area contributed by atoms with E-state index in [1.54, 1.807) is 52.5 Å². The smallest absolute Gasteiger partial charge is 0.335 e. The van der Waals surface area contributed by atoms with Crippen molar-refractivity contribution in [3.63, 3.8) is 0 Å². The first-order valence-electron chi connectivity index (χ1n) is 13.8. The van der Waals surface area contributed by atoms with Gasteiger partial charge in [0.05, 0.1) is 40.0 Å². The van der Waals surface area contributed by atoms with E-state index in [1.807, 2.05) is 0 Å². The van der Waals surface area contributed by atoms with Crippen molar-refractivity contribution in [1.82, 2.24) is 3.97 Å². The summed E-state index contributed by atoms with van der Waals surface area (Å²) in [5.41, 5.74) is 3.08. The van der Waals surface area contributed by atoms with Crippen LogP contribution in [0.3, 0.4) is 0 Å². The van der Waals surface area contributed by atoms with Gasteiger partial charge >= 0.3 is 5.97 Å². The quantitative estimate of drug-likeness (QED) is 0.176. The summed E-state index contributed by atoms with van der Waals surface area (Å²) in [6, 6.07) is 28.2. The van der Waals surface area contributed by atoms with E-state index in [-0.39, 0.29) is 38.4 Å². The number of carboxylic acid groups (broad SMARTS) is 1. The number of aromatic nitrogens is 1. The molecule has 5 aromatic carbocycles. The van der Waals surface area contributed by atoms with E-state index < -0.39 is 24.0 Å². The lowest BCUT2D eigenvalue weighted by Crippen LogP contribution is -1.97. The van der Waals surface area contributed by atoms with Crippen LogP contribution in [0.2, 0.25) is 5.02 Å². The Bertz CT molecular complexity index is 2280. The molecule has 47 heavy (non-hydrogen) atoms. The zero-order valence-corrected chi connectivity index (χ0v) is 25.5. The van der Waals surface area contributed by atoms with Gasteiger partial charge in [0, 0.05) is 49.2 Å². The summed E-state index contributed by atoms with van der Waals surface area (Å²) in [7, 11) is 0. The van der Waals surface area contributed by atoms with Crippen LogP contribution in [0, 0.1) is 28.5 Å². The van der Waals surface area contributed by atoms with E-state index >= 15 is 4.39 Å². The first kappa shape index (κ1) is 31.3. The molecule has 6 nitrogen and oxygen atoms in total. The molecule has 11 heteroatoms. The monoisotopic (exact) mass is 665 g/mol. The average Bonchev–Trinajstić information content (AvgIpc) is 3.36. The molecule has 2 N–H and O–H groups in total. The summed E-state index contributed by atoms with van der Waals surface area (Å²) in [4.78, 5) is 12.0. The Morgan fingerprint density at radius 1 is 0.851 bits per heavy atom. The number of rotatable bonds is 7. The molecule has 0 aliphatic carbocycles. The number of nitriles is 2. The lowest BCUT2D eigenvalue weighted by atomic mass is 9.90. The molecule has 0 fully saturated rings. The molecule has 0 aliphatic heterocycles. The average molecular weight is 666 g/mol. The molecular formula is C36H19ClF3N3O3S. The van der Waals surface area contributed by atoms with Crippen LogP contribution in [0.25, 0.3) is 44.4 Å². The molecule has 0 bridgehead atoms. The van der Waals surface area contributed by atoms with Crippen LogP contribution >= 0.6 is 23.5 Å². The molecule has 0 atom stereocenters. The van der Waals surface area contributed by atoms with Crippen LogP contribution in [-0.2, 0) is 0 Å². The minimum Gasteiger partial charge on any atom is -0.505 e. The number of carbonyl (C=O) groups is 1. The molecule has 1 heterocycles. The second kappa shape index (κ2) is 12.6. The van der Waals surface area contributed by atoms with Gasteiger partial charge in [0.2, 0.25) is 0 Å². The molecule has 1 aromatic heterocycles. The zero-order chi connectivity index (χ0) is 33.4. The Kier molecular flexibility index (Phi) is 8.40. The fourth-order valence-corrected chi connectivity index (χ4v) is 6.68. The van der Waals surface area contributed by atoms with Gasteiger partial charge in [-0.3, -0.25) is 3.97 Å². The van der Waals surface area contributed by atoms with Gasteiger partial charge in [-0.15, -0.1) is 0 Å². The summed E-state index contributed by atoms with van der Waals surface area (Å²) >= 11 is 7.61. The highest BCUT2D eigenvalue weighted by molar-refractivity contribution is 7.98. The highest BCUT2D eigenvalue weighted by atomic mass is 35.5. The lowest BCUT2D eigenvalue weighted by molar-refractivity contribution is 0.0697. The van der Waals surface area contributed by atoms with Gasteiger partial charge in [0.15, 0.2) is 11.6 Å². The highest BCUT2D eigenvalue weighted by Gasteiger charge is 2.27. The highest BCUT2D eigenvalue weighted by Crippen LogP contribution is 2.48. The largest absolute Gasteiger partial charge is 0.505 e. The van der Waals surface area contributed by atoms with Crippen molar-refractivity contribution in [2.24, 2.45) is 0 Å². The molecule has 230 valence electrons. The van der Waals surface area contributed by atoms with Crippen molar-refractivity contribution in [3.8, 4) is 51.4 Å². The number of hydrogen-bond donors (Lipinski definition) is 2. The fourth-order valence-electron chi connectivity index (χ4n) is 5.38. The predicted molar refractivity (Wildman–Crippen MR) is 174 cm³/mol. The van der Waals surface area contributed by atoms with Crippen molar-refractivity contribution in [3.05, 3.63) is 130 Å². The van der Waals surface area contributed by atoms with Crippen LogP contribution < -0.4 is 0 Å². The van der Waals surface area contributed by atoms with Gasteiger partial charge in [-0.05, 0) is 66.0 Å². The van der Waals surface area contributed by atoms with Gasteiger partial charge < -0.3 is 10.2 Å². The number of nitrogens with zero attached hydrogens (tertiary/aromatic N) is 3. The maximum atomic E-state index is 15.0. The number of aromatic hydroxyl groups is 1. The first-order valence-corrected chi connectivity index (χ1v) is 15.0. The van der Waals surface area contributed by atoms with Gasteiger partial charge in [-0.2, -0.15) is 10.5 Å². The van der Waals surface area contributed by atoms with E-state index in [0.29, 0.717) is 38.2 Å². The van der Waals surface area contributed by atoms with Crippen molar-refractivity contribution < 1.29 is 28.2 Å². The standard InChI is InChI=1S/C36H19ClF3N3O3S/c37-28-14-22(36(45)46)9-12-26(28)20-3-1-4-21(13-20)34-33(32-23(17-41)5-2-6-24(32)18-42)27-15-31(44)29(38)16-30(27)43(34)47-25-10-7-19(8-11-25)35(39)40/h1-16,35,44H,(H,45,46). The predicted octanol–water partition coefficient (Wildman–Crippen LogP) is 10.1. The Balaban J connectivity index is 1.70. The number of benzene rings is 5. The van der Waals surface area contributed by atoms with Gasteiger partial charge in [-0.25, -0.2) is 18.0 Å². The van der Waals surface area contributed by atoms with E-state index in [1.165, 1.54) is 42.5 Å². The Hall–Kier alpha value is -5.68. The molecule has 6 rings (SSSR count). The molecule has 0 saturated carbocycles. The molecular weight excluding hydrogens is 647 g/mol. The third kappa shape index (κ3) is 5.77. The number of phenolic OH excluding ortho intramolecular Hbond substituents is 1. The van der Waals surface area contributed by atoms with Crippen LogP contribution in [0.5, 0.6) is 5.75 Å². The van der Waals surface area contributed by atoms with Crippen LogP contribution in [0.1, 0.15) is 33.5 Å². The molecule has 0 spiro atoms. The van der Waals surface area contributed by atoms with Crippen LogP contribution in [0.4, 0.5) is 13.2 Å². The summed E-state index contributed by atoms with van der Waals surface area (Å²) < 4.78 is 43.4. The second-order valence-corrected chi connectivity index (χ2v) is 11.8. The maximum Gasteiger partial charge on any atom is 0.335 e. The first-order chi connectivity index (χ1) is 22.6. The molecule has 0 aliphatic rings. The lowest BCUT2D eigenvalue weighted by Gasteiger charge is -2.15. The Morgan fingerprint density at radius 2 is 1.51 bits per heavy atom. The molecule has 0 saturated heterocycles. The summed E-state index contributed by atoms with van der Waals surface area (Å²) in [5.74, 6) is -2.71. The number of fused-ring (bicyclic) bond motifs is 1. The van der Waals surface area contributed by atoms with Crippen molar-refractivity contribution in [2.45, 2.75) is 11.3 Å². The van der Waals surface area contributed by atoms with Crippen LogP contribution in [0.15, 0.2) is 102 Å². The molecule has 0 amide bonds. The number of halogens is 4. The van der Waals surface area contributed by atoms with E-state index in [2.05, 4.69) is 12.1 Å². The summed E-state index contributed by atoms with van der Waals surface area (Å²) in [6.07, 6.45) is -2.67. The number of phenols is 1. The zero-order valence-electron chi connectivity index (χ0n) is 23.9. The molecule has 0 unspecified atom stereocenters. The second-order valence-electron chi connectivity index (χ2n) is 10.3. The third-order valence-corrected chi connectivity index (χ3v) is 8.90. The van der Waals surface area contributed by atoms with Gasteiger partial charge in [0.25, 0.3) is 6.43 Å². The normalized spacial score (nSPS) is 11.0. The minimum atomic E-state index is -2.67. The topological polar surface area (TPSA) is 110 Å².